The van der Waals surface area contributed by atoms with Crippen molar-refractivity contribution in [2.24, 2.45) is 16.2 Å². The average Bonchev–Trinajstić information content (AvgIpc) is 2.86. The molecule has 2 aliphatic heterocycles. The van der Waals surface area contributed by atoms with E-state index >= 15 is 0 Å². The van der Waals surface area contributed by atoms with Gasteiger partial charge in [0.2, 0.25) is 0 Å². The average molecular weight is 196 g/mol. The minimum atomic E-state index is 0.539. The molecule has 0 bridgehead atoms. The molecular formula is C10H16N2O2. The molecule has 0 spiro atoms. The molecule has 1 unspecified atom stereocenters. The van der Waals surface area contributed by atoms with Crippen LogP contribution in [0.4, 0.5) is 0 Å². The maximum absolute atomic E-state index is 4.93. The number of oxime groups is 2. The minimum Gasteiger partial charge on any atom is -0.395 e. The zero-order valence-corrected chi connectivity index (χ0v) is 8.32. The fraction of sp³-hybridized carbons (Fsp3) is 0.800. The van der Waals surface area contributed by atoms with E-state index in [0.717, 1.165) is 26.1 Å². The minimum absolute atomic E-state index is 0.539. The van der Waals surface area contributed by atoms with Crippen LogP contribution in [0.2, 0.25) is 0 Å². The molecule has 0 saturated heterocycles. The zero-order chi connectivity index (χ0) is 9.64. The van der Waals surface area contributed by atoms with Crippen molar-refractivity contribution in [1.29, 1.82) is 0 Å². The number of hydrogen-bond acceptors (Lipinski definition) is 4. The Balaban J connectivity index is 1.52. The molecule has 2 rings (SSSR count). The summed E-state index contributed by atoms with van der Waals surface area (Å²) in [5.41, 5.74) is 1.22. The van der Waals surface area contributed by atoms with Gasteiger partial charge in [-0.3, -0.25) is 0 Å². The molecule has 0 aromatic rings. The fourth-order valence-corrected chi connectivity index (χ4v) is 1.72. The Bertz CT molecular complexity index is 238. The summed E-state index contributed by atoms with van der Waals surface area (Å²) in [5, 5.41) is 7.72. The number of hydrogen-bond donors (Lipinski definition) is 0. The van der Waals surface area contributed by atoms with Gasteiger partial charge in [0.1, 0.15) is 13.2 Å². The van der Waals surface area contributed by atoms with E-state index in [1.165, 1.54) is 25.0 Å². The van der Waals surface area contributed by atoms with Crippen LogP contribution in [0.3, 0.4) is 0 Å². The second-order valence-corrected chi connectivity index (χ2v) is 3.80. The third-order valence-electron chi connectivity index (χ3n) is 2.60. The highest BCUT2D eigenvalue weighted by Crippen LogP contribution is 2.14. The van der Waals surface area contributed by atoms with Crippen LogP contribution >= 0.6 is 0 Å². The Morgan fingerprint density at radius 1 is 1.36 bits per heavy atom. The van der Waals surface area contributed by atoms with Crippen molar-refractivity contribution in [2.75, 3.05) is 13.2 Å². The highest BCUT2D eigenvalue weighted by molar-refractivity contribution is 5.84. The third-order valence-corrected chi connectivity index (χ3v) is 2.60. The Kier molecular flexibility index (Phi) is 3.38. The maximum Gasteiger partial charge on any atom is 0.125 e. The first kappa shape index (κ1) is 9.49. The molecule has 0 aliphatic carbocycles. The van der Waals surface area contributed by atoms with Crippen LogP contribution in [0, 0.1) is 5.92 Å². The summed E-state index contributed by atoms with van der Waals surface area (Å²) in [6, 6.07) is 0. The molecule has 0 saturated carbocycles. The van der Waals surface area contributed by atoms with Gasteiger partial charge in [-0.05, 0) is 19.3 Å². The van der Waals surface area contributed by atoms with Crippen molar-refractivity contribution >= 4 is 11.9 Å². The van der Waals surface area contributed by atoms with Gasteiger partial charge in [0.25, 0.3) is 0 Å². The topological polar surface area (TPSA) is 43.2 Å². The fourth-order valence-electron chi connectivity index (χ4n) is 1.72. The van der Waals surface area contributed by atoms with E-state index in [2.05, 4.69) is 10.3 Å². The Morgan fingerprint density at radius 3 is 3.07 bits per heavy atom. The predicted octanol–water partition coefficient (Wildman–Crippen LogP) is 1.96. The van der Waals surface area contributed by atoms with Gasteiger partial charge in [-0.15, -0.1) is 0 Å². The Hall–Kier alpha value is -1.06. The smallest absolute Gasteiger partial charge is 0.125 e. The van der Waals surface area contributed by atoms with E-state index in [9.17, 15) is 0 Å². The summed E-state index contributed by atoms with van der Waals surface area (Å²) in [6.07, 6.45) is 7.62. The SMILES string of the molecule is C1=NOCC1CCCCC1=NOCC1. The van der Waals surface area contributed by atoms with E-state index in [1.807, 2.05) is 6.21 Å². The quantitative estimate of drug-likeness (QED) is 0.631. The predicted molar refractivity (Wildman–Crippen MR) is 54.4 cm³/mol. The molecule has 0 fully saturated rings. The van der Waals surface area contributed by atoms with Crippen LogP contribution in [0.15, 0.2) is 10.3 Å². The van der Waals surface area contributed by atoms with Crippen LogP contribution in [0.5, 0.6) is 0 Å². The van der Waals surface area contributed by atoms with Gasteiger partial charge >= 0.3 is 0 Å². The van der Waals surface area contributed by atoms with Gasteiger partial charge in [-0.2, -0.15) is 0 Å². The molecule has 0 radical (unpaired) electrons. The monoisotopic (exact) mass is 196 g/mol. The molecule has 1 atom stereocenters. The first-order valence-electron chi connectivity index (χ1n) is 5.28. The van der Waals surface area contributed by atoms with Crippen LogP contribution in [-0.2, 0) is 9.68 Å². The third kappa shape index (κ3) is 2.72. The lowest BCUT2D eigenvalue weighted by atomic mass is 10.0. The van der Waals surface area contributed by atoms with Gasteiger partial charge < -0.3 is 9.68 Å². The van der Waals surface area contributed by atoms with Crippen molar-refractivity contribution in [1.82, 2.24) is 0 Å². The molecule has 2 heterocycles. The van der Waals surface area contributed by atoms with Crippen LogP contribution < -0.4 is 0 Å². The van der Waals surface area contributed by atoms with Crippen LogP contribution in [0.25, 0.3) is 0 Å². The standard InChI is InChI=1S/C10H16N2O2/c1(3-9-7-11-14-8-9)2-4-10-5-6-13-12-10/h7,9H,1-6,8H2. The first-order valence-corrected chi connectivity index (χ1v) is 5.28. The molecular weight excluding hydrogens is 180 g/mol. The Labute approximate surface area is 83.9 Å². The molecule has 0 aromatic carbocycles. The molecule has 2 aliphatic rings. The summed E-state index contributed by atoms with van der Waals surface area (Å²) in [6.45, 7) is 1.54. The van der Waals surface area contributed by atoms with Gasteiger partial charge in [0.15, 0.2) is 0 Å². The molecule has 0 amide bonds. The van der Waals surface area contributed by atoms with Crippen molar-refractivity contribution in [3.63, 3.8) is 0 Å². The van der Waals surface area contributed by atoms with Gasteiger partial charge in [-0.25, -0.2) is 0 Å². The maximum atomic E-state index is 4.93. The highest BCUT2D eigenvalue weighted by atomic mass is 16.6. The van der Waals surface area contributed by atoms with Crippen molar-refractivity contribution in [3.8, 4) is 0 Å². The number of nitrogens with zero attached hydrogens (tertiary/aromatic N) is 2. The summed E-state index contributed by atoms with van der Waals surface area (Å²) in [7, 11) is 0. The number of rotatable bonds is 5. The summed E-state index contributed by atoms with van der Waals surface area (Å²) in [5.74, 6) is 0.539. The molecule has 14 heavy (non-hydrogen) atoms. The summed E-state index contributed by atoms with van der Waals surface area (Å²) < 4.78 is 0. The number of unbranched alkanes of at least 4 members (excludes halogenated alkanes) is 1. The van der Waals surface area contributed by atoms with Crippen molar-refractivity contribution in [2.45, 2.75) is 32.1 Å². The molecule has 0 N–H and O–H groups in total. The lowest BCUT2D eigenvalue weighted by molar-refractivity contribution is 0.152. The second kappa shape index (κ2) is 4.98. The molecule has 78 valence electrons. The zero-order valence-electron chi connectivity index (χ0n) is 8.32. The Morgan fingerprint density at radius 2 is 2.36 bits per heavy atom. The lowest BCUT2D eigenvalue weighted by Gasteiger charge is -2.03. The molecule has 4 nitrogen and oxygen atoms in total. The molecule has 0 aromatic heterocycles. The van der Waals surface area contributed by atoms with E-state index in [-0.39, 0.29) is 0 Å². The second-order valence-electron chi connectivity index (χ2n) is 3.80. The highest BCUT2D eigenvalue weighted by Gasteiger charge is 2.12. The lowest BCUT2D eigenvalue weighted by Crippen LogP contribution is -2.03. The van der Waals surface area contributed by atoms with Crippen molar-refractivity contribution < 1.29 is 9.68 Å². The summed E-state index contributed by atoms with van der Waals surface area (Å²) in [4.78, 5) is 9.85. The molecule has 4 heteroatoms. The van der Waals surface area contributed by atoms with E-state index < -0.39 is 0 Å². The van der Waals surface area contributed by atoms with Crippen molar-refractivity contribution in [3.05, 3.63) is 0 Å². The van der Waals surface area contributed by atoms with Gasteiger partial charge in [0, 0.05) is 12.3 Å². The summed E-state index contributed by atoms with van der Waals surface area (Å²) >= 11 is 0. The van der Waals surface area contributed by atoms with Gasteiger partial charge in [0.05, 0.1) is 11.9 Å². The van der Waals surface area contributed by atoms with Crippen LogP contribution in [-0.4, -0.2) is 25.1 Å². The first-order chi connectivity index (χ1) is 6.95. The van der Waals surface area contributed by atoms with Crippen LogP contribution in [0.1, 0.15) is 32.1 Å². The normalized spacial score (nSPS) is 24.6. The van der Waals surface area contributed by atoms with E-state index in [1.54, 1.807) is 0 Å². The van der Waals surface area contributed by atoms with Gasteiger partial charge in [-0.1, -0.05) is 16.7 Å². The van der Waals surface area contributed by atoms with E-state index in [4.69, 9.17) is 9.68 Å². The van der Waals surface area contributed by atoms with E-state index in [0.29, 0.717) is 5.92 Å². The largest absolute Gasteiger partial charge is 0.395 e.